The van der Waals surface area contributed by atoms with E-state index in [4.69, 9.17) is 15.1 Å². The average Bonchev–Trinajstić information content (AvgIpc) is 2.58. The van der Waals surface area contributed by atoms with Crippen molar-refractivity contribution < 1.29 is 14.6 Å². The molecule has 0 saturated carbocycles. The molecule has 0 heterocycles. The molecule has 0 aliphatic carbocycles. The van der Waals surface area contributed by atoms with Gasteiger partial charge in [0.1, 0.15) is 18.4 Å². The van der Waals surface area contributed by atoms with Gasteiger partial charge in [-0.1, -0.05) is 24.3 Å². The number of hydrogen-bond donors (Lipinski definition) is 2. The fourth-order valence-electron chi connectivity index (χ4n) is 1.92. The van der Waals surface area contributed by atoms with Crippen LogP contribution in [0.25, 0.3) is 0 Å². The van der Waals surface area contributed by atoms with Crippen LogP contribution >= 0.6 is 0 Å². The number of aliphatic hydroxyl groups excluding tert-OH is 1. The van der Waals surface area contributed by atoms with Crippen molar-refractivity contribution in [1.29, 1.82) is 5.26 Å². The molecule has 0 aliphatic rings. The number of nitriles is 1. The van der Waals surface area contributed by atoms with E-state index in [1.165, 1.54) is 0 Å². The zero-order valence-electron chi connectivity index (χ0n) is 12.0. The van der Waals surface area contributed by atoms with Crippen LogP contribution in [0.15, 0.2) is 48.5 Å². The summed E-state index contributed by atoms with van der Waals surface area (Å²) in [5.41, 5.74) is 1.80. The maximum Gasteiger partial charge on any atom is 0.251 e. The van der Waals surface area contributed by atoms with E-state index in [2.05, 4.69) is 11.4 Å². The lowest BCUT2D eigenvalue weighted by atomic mass is 10.1. The Balaban J connectivity index is 2.05. The molecule has 5 nitrogen and oxygen atoms in total. The van der Waals surface area contributed by atoms with Crippen LogP contribution in [-0.4, -0.2) is 24.2 Å². The fourth-order valence-corrected chi connectivity index (χ4v) is 1.92. The molecule has 2 aromatic rings. The first-order valence-electron chi connectivity index (χ1n) is 6.84. The molecule has 0 spiro atoms. The number of benzene rings is 2. The van der Waals surface area contributed by atoms with Gasteiger partial charge in [0.15, 0.2) is 0 Å². The van der Waals surface area contributed by atoms with E-state index in [0.717, 1.165) is 5.56 Å². The molecule has 112 valence electrons. The summed E-state index contributed by atoms with van der Waals surface area (Å²) in [5.74, 6) is 0.272. The third-order valence-corrected chi connectivity index (χ3v) is 2.99. The Morgan fingerprint density at radius 3 is 2.82 bits per heavy atom. The first-order valence-corrected chi connectivity index (χ1v) is 6.84. The van der Waals surface area contributed by atoms with E-state index >= 15 is 0 Å². The number of carbonyl (C=O) groups is 1. The van der Waals surface area contributed by atoms with Gasteiger partial charge >= 0.3 is 0 Å². The number of ether oxygens (including phenoxy) is 1. The first kappa shape index (κ1) is 15.5. The minimum absolute atomic E-state index is 0.0977. The molecule has 22 heavy (non-hydrogen) atoms. The zero-order chi connectivity index (χ0) is 15.8. The minimum Gasteiger partial charge on any atom is -0.488 e. The van der Waals surface area contributed by atoms with E-state index in [1.807, 2.05) is 6.07 Å². The summed E-state index contributed by atoms with van der Waals surface area (Å²) in [6, 6.07) is 16.1. The fraction of sp³-hybridized carbons (Fsp3) is 0.176. The first-order chi connectivity index (χ1) is 10.7. The number of hydrogen-bond acceptors (Lipinski definition) is 4. The van der Waals surface area contributed by atoms with Gasteiger partial charge in [-0.2, -0.15) is 5.26 Å². The van der Waals surface area contributed by atoms with Crippen LogP contribution in [0.2, 0.25) is 0 Å². The lowest BCUT2D eigenvalue weighted by Crippen LogP contribution is -2.26. The van der Waals surface area contributed by atoms with Gasteiger partial charge in [-0.3, -0.25) is 4.79 Å². The Morgan fingerprint density at radius 1 is 1.23 bits per heavy atom. The SMILES string of the molecule is N#Cc1ccccc1OCc1cccc(C(=O)NCCO)c1. The largest absolute Gasteiger partial charge is 0.488 e. The lowest BCUT2D eigenvalue weighted by molar-refractivity contribution is 0.0944. The number of nitrogens with one attached hydrogen (secondary N) is 1. The Hall–Kier alpha value is -2.84. The van der Waals surface area contributed by atoms with Crippen LogP contribution in [-0.2, 0) is 6.61 Å². The summed E-state index contributed by atoms with van der Waals surface area (Å²) in [7, 11) is 0. The average molecular weight is 296 g/mol. The molecule has 0 aromatic heterocycles. The van der Waals surface area contributed by atoms with Crippen molar-refractivity contribution in [2.45, 2.75) is 6.61 Å². The molecule has 1 amide bonds. The summed E-state index contributed by atoms with van der Waals surface area (Å²) in [6.45, 7) is 0.383. The molecule has 0 atom stereocenters. The quantitative estimate of drug-likeness (QED) is 0.852. The van der Waals surface area contributed by atoms with Crippen molar-refractivity contribution in [3.63, 3.8) is 0 Å². The van der Waals surface area contributed by atoms with Gasteiger partial charge in [-0.05, 0) is 29.8 Å². The predicted molar refractivity (Wildman–Crippen MR) is 81.4 cm³/mol. The number of amides is 1. The molecule has 2 aromatic carbocycles. The van der Waals surface area contributed by atoms with Gasteiger partial charge in [0.2, 0.25) is 0 Å². The van der Waals surface area contributed by atoms with Crippen LogP contribution in [0.5, 0.6) is 5.75 Å². The Labute approximate surface area is 128 Å². The summed E-state index contributed by atoms with van der Waals surface area (Å²) < 4.78 is 5.64. The number of rotatable bonds is 6. The van der Waals surface area contributed by atoms with Crippen molar-refractivity contribution >= 4 is 5.91 Å². The highest BCUT2D eigenvalue weighted by Gasteiger charge is 2.07. The molecule has 0 fully saturated rings. The topological polar surface area (TPSA) is 82.3 Å². The maximum absolute atomic E-state index is 11.8. The highest BCUT2D eigenvalue weighted by Crippen LogP contribution is 2.18. The van der Waals surface area contributed by atoms with E-state index in [1.54, 1.807) is 42.5 Å². The maximum atomic E-state index is 11.8. The molecule has 0 unspecified atom stereocenters. The van der Waals surface area contributed by atoms with E-state index in [-0.39, 0.29) is 25.7 Å². The minimum atomic E-state index is -0.242. The number of para-hydroxylation sites is 1. The van der Waals surface area contributed by atoms with E-state index in [0.29, 0.717) is 16.9 Å². The van der Waals surface area contributed by atoms with Crippen LogP contribution in [0, 0.1) is 11.3 Å². The zero-order valence-corrected chi connectivity index (χ0v) is 12.0. The van der Waals surface area contributed by atoms with Gasteiger partial charge in [-0.25, -0.2) is 0 Å². The predicted octanol–water partition coefficient (Wildman–Crippen LogP) is 1.86. The summed E-state index contributed by atoms with van der Waals surface area (Å²) >= 11 is 0. The second kappa shape index (κ2) is 7.81. The highest BCUT2D eigenvalue weighted by atomic mass is 16.5. The lowest BCUT2D eigenvalue weighted by Gasteiger charge is -2.09. The summed E-state index contributed by atoms with van der Waals surface area (Å²) in [4.78, 5) is 11.8. The molecule has 0 aliphatic heterocycles. The van der Waals surface area contributed by atoms with Gasteiger partial charge in [-0.15, -0.1) is 0 Å². The van der Waals surface area contributed by atoms with Crippen molar-refractivity contribution in [2.75, 3.05) is 13.2 Å². The summed E-state index contributed by atoms with van der Waals surface area (Å²) in [6.07, 6.45) is 0. The second-order valence-electron chi connectivity index (χ2n) is 4.58. The van der Waals surface area contributed by atoms with Gasteiger partial charge in [0, 0.05) is 12.1 Å². The molecule has 0 bridgehead atoms. The van der Waals surface area contributed by atoms with E-state index < -0.39 is 0 Å². The van der Waals surface area contributed by atoms with Crippen molar-refractivity contribution in [3.8, 4) is 11.8 Å². The third kappa shape index (κ3) is 4.08. The molecule has 5 heteroatoms. The number of carbonyl (C=O) groups excluding carboxylic acids is 1. The van der Waals surface area contributed by atoms with Crippen LogP contribution in [0.4, 0.5) is 0 Å². The van der Waals surface area contributed by atoms with Gasteiger partial charge < -0.3 is 15.2 Å². The number of nitrogens with zero attached hydrogens (tertiary/aromatic N) is 1. The van der Waals surface area contributed by atoms with Crippen LogP contribution < -0.4 is 10.1 Å². The molecule has 0 radical (unpaired) electrons. The Bertz CT molecular complexity index is 692. The normalized spacial score (nSPS) is 9.82. The van der Waals surface area contributed by atoms with Crippen molar-refractivity contribution in [1.82, 2.24) is 5.32 Å². The van der Waals surface area contributed by atoms with Crippen LogP contribution in [0.1, 0.15) is 21.5 Å². The monoisotopic (exact) mass is 296 g/mol. The number of aliphatic hydroxyl groups is 1. The van der Waals surface area contributed by atoms with Crippen molar-refractivity contribution in [3.05, 3.63) is 65.2 Å². The Morgan fingerprint density at radius 2 is 2.05 bits per heavy atom. The second-order valence-corrected chi connectivity index (χ2v) is 4.58. The Kier molecular flexibility index (Phi) is 5.52. The summed E-state index contributed by atoms with van der Waals surface area (Å²) in [5, 5.41) is 20.3. The van der Waals surface area contributed by atoms with Gasteiger partial charge in [0.05, 0.1) is 12.2 Å². The van der Waals surface area contributed by atoms with E-state index in [9.17, 15) is 4.79 Å². The van der Waals surface area contributed by atoms with Crippen molar-refractivity contribution in [2.24, 2.45) is 0 Å². The molecular weight excluding hydrogens is 280 g/mol. The third-order valence-electron chi connectivity index (χ3n) is 2.99. The smallest absolute Gasteiger partial charge is 0.251 e. The molecule has 0 saturated heterocycles. The van der Waals surface area contributed by atoms with Gasteiger partial charge in [0.25, 0.3) is 5.91 Å². The molecule has 2 N–H and O–H groups in total. The standard InChI is InChI=1S/C17H16N2O3/c18-11-15-5-1-2-7-16(15)22-12-13-4-3-6-14(10-13)17(21)19-8-9-20/h1-7,10,20H,8-9,12H2,(H,19,21). The molecule has 2 rings (SSSR count). The molecular formula is C17H16N2O3. The van der Waals surface area contributed by atoms with Crippen LogP contribution in [0.3, 0.4) is 0 Å². The highest BCUT2D eigenvalue weighted by molar-refractivity contribution is 5.94.